The second-order valence-electron chi connectivity index (χ2n) is 3.11. The van der Waals surface area contributed by atoms with E-state index < -0.39 is 6.04 Å². The van der Waals surface area contributed by atoms with Crippen molar-refractivity contribution < 1.29 is 14.6 Å². The van der Waals surface area contributed by atoms with Crippen LogP contribution in [0.5, 0.6) is 17.2 Å². The maximum absolute atomic E-state index is 9.67. The molecule has 5 N–H and O–H groups in total. The highest BCUT2D eigenvalue weighted by molar-refractivity contribution is 5.51. The number of hydrogen-bond acceptors (Lipinski definition) is 5. The molecule has 0 aliphatic rings. The summed E-state index contributed by atoms with van der Waals surface area (Å²) in [4.78, 5) is 0. The molecule has 0 aliphatic carbocycles. The average molecular weight is 212 g/mol. The van der Waals surface area contributed by atoms with Gasteiger partial charge in [0, 0.05) is 24.2 Å². The van der Waals surface area contributed by atoms with E-state index in [9.17, 15) is 5.11 Å². The lowest BCUT2D eigenvalue weighted by Crippen LogP contribution is -2.20. The number of phenolic OH excluding ortho intramolecular Hbond substituents is 1. The van der Waals surface area contributed by atoms with Crippen LogP contribution in [0.3, 0.4) is 0 Å². The Labute approximate surface area is 88.6 Å². The maximum Gasteiger partial charge on any atom is 0.164 e. The van der Waals surface area contributed by atoms with Crippen molar-refractivity contribution in [2.45, 2.75) is 6.04 Å². The maximum atomic E-state index is 9.67. The van der Waals surface area contributed by atoms with Gasteiger partial charge in [-0.3, -0.25) is 0 Å². The minimum absolute atomic E-state index is 0.0607. The Morgan fingerprint density at radius 1 is 1.27 bits per heavy atom. The quantitative estimate of drug-likeness (QED) is 0.670. The van der Waals surface area contributed by atoms with E-state index in [0.29, 0.717) is 17.1 Å². The van der Waals surface area contributed by atoms with Gasteiger partial charge in [0.2, 0.25) is 0 Å². The van der Waals surface area contributed by atoms with Gasteiger partial charge >= 0.3 is 0 Å². The van der Waals surface area contributed by atoms with Gasteiger partial charge in [-0.2, -0.15) is 0 Å². The van der Waals surface area contributed by atoms with E-state index in [0.717, 1.165) is 0 Å². The van der Waals surface area contributed by atoms with Crippen molar-refractivity contribution in [2.24, 2.45) is 11.5 Å². The van der Waals surface area contributed by atoms with Crippen LogP contribution in [0.4, 0.5) is 0 Å². The third-order valence-corrected chi connectivity index (χ3v) is 2.19. The summed E-state index contributed by atoms with van der Waals surface area (Å²) in [5.74, 6) is 1.04. The fourth-order valence-corrected chi connectivity index (χ4v) is 1.31. The van der Waals surface area contributed by atoms with Gasteiger partial charge in [-0.15, -0.1) is 0 Å². The Morgan fingerprint density at radius 3 is 2.27 bits per heavy atom. The van der Waals surface area contributed by atoms with Gasteiger partial charge in [-0.05, 0) is 6.07 Å². The lowest BCUT2D eigenvalue weighted by atomic mass is 10.1. The third-order valence-electron chi connectivity index (χ3n) is 2.19. The summed E-state index contributed by atoms with van der Waals surface area (Å²) in [7, 11) is 3.02. The number of ether oxygens (including phenoxy) is 2. The Bertz CT molecular complexity index is 342. The van der Waals surface area contributed by atoms with Crippen LogP contribution in [0.25, 0.3) is 0 Å². The molecule has 0 amide bonds. The second kappa shape index (κ2) is 4.86. The first-order valence-corrected chi connectivity index (χ1v) is 4.54. The molecule has 0 aliphatic heterocycles. The van der Waals surface area contributed by atoms with Crippen molar-refractivity contribution >= 4 is 0 Å². The summed E-state index contributed by atoms with van der Waals surface area (Å²) in [6.45, 7) is 0.253. The van der Waals surface area contributed by atoms with Crippen molar-refractivity contribution in [3.8, 4) is 17.2 Å². The molecule has 0 radical (unpaired) electrons. The zero-order valence-electron chi connectivity index (χ0n) is 8.86. The number of methoxy groups -OCH3 is 2. The summed E-state index contributed by atoms with van der Waals surface area (Å²) in [5, 5.41) is 9.67. The Kier molecular flexibility index (Phi) is 3.76. The summed E-state index contributed by atoms with van der Waals surface area (Å²) < 4.78 is 10.1. The highest BCUT2D eigenvalue weighted by atomic mass is 16.5. The lowest BCUT2D eigenvalue weighted by Gasteiger charge is -2.15. The van der Waals surface area contributed by atoms with Gasteiger partial charge in [-0.1, -0.05) is 0 Å². The number of benzene rings is 1. The molecular weight excluding hydrogens is 196 g/mol. The topological polar surface area (TPSA) is 90.7 Å². The smallest absolute Gasteiger partial charge is 0.164 e. The van der Waals surface area contributed by atoms with E-state index in [2.05, 4.69) is 0 Å². The largest absolute Gasteiger partial charge is 0.507 e. The molecule has 5 heteroatoms. The zero-order valence-corrected chi connectivity index (χ0v) is 8.86. The SMILES string of the molecule is COc1cc(O)c([C@@H](N)CN)cc1OC. The predicted octanol–water partition coefficient (Wildman–Crippen LogP) is 0.368. The first kappa shape index (κ1) is 11.6. The summed E-state index contributed by atoms with van der Waals surface area (Å²) in [6.07, 6.45) is 0. The van der Waals surface area contributed by atoms with Gasteiger partial charge < -0.3 is 26.0 Å². The van der Waals surface area contributed by atoms with Crippen molar-refractivity contribution in [1.82, 2.24) is 0 Å². The highest BCUT2D eigenvalue weighted by Crippen LogP contribution is 2.35. The summed E-state index contributed by atoms with van der Waals surface area (Å²) >= 11 is 0. The number of rotatable bonds is 4. The van der Waals surface area contributed by atoms with Crippen LogP contribution in [-0.2, 0) is 0 Å². The van der Waals surface area contributed by atoms with Gasteiger partial charge in [0.1, 0.15) is 5.75 Å². The summed E-state index contributed by atoms with van der Waals surface area (Å²) in [6, 6.07) is 2.68. The van der Waals surface area contributed by atoms with E-state index in [1.807, 2.05) is 0 Å². The number of nitrogens with two attached hydrogens (primary N) is 2. The molecular formula is C10H16N2O3. The molecule has 0 spiro atoms. The molecule has 0 unspecified atom stereocenters. The standard InChI is InChI=1S/C10H16N2O3/c1-14-9-3-6(7(12)5-11)8(13)4-10(9)15-2/h3-4,7,13H,5,11-12H2,1-2H3/t7-/m0/s1. The molecule has 0 heterocycles. The highest BCUT2D eigenvalue weighted by Gasteiger charge is 2.14. The average Bonchev–Trinajstić information content (AvgIpc) is 2.27. The molecule has 0 bridgehead atoms. The molecule has 1 atom stereocenters. The number of aromatic hydroxyl groups is 1. The number of phenols is 1. The minimum Gasteiger partial charge on any atom is -0.507 e. The molecule has 15 heavy (non-hydrogen) atoms. The van der Waals surface area contributed by atoms with Crippen LogP contribution >= 0.6 is 0 Å². The Hall–Kier alpha value is -1.46. The van der Waals surface area contributed by atoms with Crippen LogP contribution in [0, 0.1) is 0 Å². The van der Waals surface area contributed by atoms with E-state index in [4.69, 9.17) is 20.9 Å². The van der Waals surface area contributed by atoms with Crippen LogP contribution in [0.1, 0.15) is 11.6 Å². The van der Waals surface area contributed by atoms with Gasteiger partial charge in [0.05, 0.1) is 14.2 Å². The van der Waals surface area contributed by atoms with Crippen molar-refractivity contribution in [3.05, 3.63) is 17.7 Å². The van der Waals surface area contributed by atoms with E-state index in [1.165, 1.54) is 20.3 Å². The van der Waals surface area contributed by atoms with Crippen molar-refractivity contribution in [2.75, 3.05) is 20.8 Å². The normalized spacial score (nSPS) is 12.3. The third kappa shape index (κ3) is 2.31. The van der Waals surface area contributed by atoms with E-state index >= 15 is 0 Å². The molecule has 0 fully saturated rings. The van der Waals surface area contributed by atoms with Crippen molar-refractivity contribution in [1.29, 1.82) is 0 Å². The molecule has 84 valence electrons. The molecule has 5 nitrogen and oxygen atoms in total. The first-order chi connectivity index (χ1) is 7.13. The predicted molar refractivity (Wildman–Crippen MR) is 57.2 cm³/mol. The first-order valence-electron chi connectivity index (χ1n) is 4.54. The van der Waals surface area contributed by atoms with Gasteiger partial charge in [0.25, 0.3) is 0 Å². The molecule has 0 saturated carbocycles. The van der Waals surface area contributed by atoms with Crippen molar-refractivity contribution in [3.63, 3.8) is 0 Å². The van der Waals surface area contributed by atoms with Crippen LogP contribution in [0.15, 0.2) is 12.1 Å². The monoisotopic (exact) mass is 212 g/mol. The summed E-state index contributed by atoms with van der Waals surface area (Å²) in [5.41, 5.74) is 11.7. The van der Waals surface area contributed by atoms with Crippen LogP contribution < -0.4 is 20.9 Å². The molecule has 0 saturated heterocycles. The molecule has 0 aromatic heterocycles. The second-order valence-corrected chi connectivity index (χ2v) is 3.11. The van der Waals surface area contributed by atoms with Gasteiger partial charge in [-0.25, -0.2) is 0 Å². The van der Waals surface area contributed by atoms with Gasteiger partial charge in [0.15, 0.2) is 11.5 Å². The Balaban J connectivity index is 3.19. The van der Waals surface area contributed by atoms with Crippen LogP contribution in [0.2, 0.25) is 0 Å². The van der Waals surface area contributed by atoms with E-state index in [1.54, 1.807) is 6.07 Å². The molecule has 1 aromatic rings. The lowest BCUT2D eigenvalue weighted by molar-refractivity contribution is 0.349. The fourth-order valence-electron chi connectivity index (χ4n) is 1.31. The molecule has 1 aromatic carbocycles. The Morgan fingerprint density at radius 2 is 1.80 bits per heavy atom. The fraction of sp³-hybridized carbons (Fsp3) is 0.400. The van der Waals surface area contributed by atoms with E-state index in [-0.39, 0.29) is 12.3 Å². The van der Waals surface area contributed by atoms with Crippen LogP contribution in [-0.4, -0.2) is 25.9 Å². The number of hydrogen-bond donors (Lipinski definition) is 3. The minimum atomic E-state index is -0.412. The molecule has 1 rings (SSSR count). The zero-order chi connectivity index (χ0) is 11.4.